The van der Waals surface area contributed by atoms with E-state index in [9.17, 15) is 28.8 Å². The molecule has 9 rings (SSSR count). The van der Waals surface area contributed by atoms with Gasteiger partial charge in [-0.1, -0.05) is 50.2 Å². The smallest absolute Gasteiger partial charge is 0.261 e. The Hall–Kier alpha value is -8.19. The van der Waals surface area contributed by atoms with Crippen LogP contribution in [-0.4, -0.2) is 98.6 Å². The zero-order valence-electron chi connectivity index (χ0n) is 40.7. The van der Waals surface area contributed by atoms with Gasteiger partial charge in [0, 0.05) is 65.6 Å². The minimum atomic E-state index is -0.625. The molecule has 4 heterocycles. The second-order valence-corrected chi connectivity index (χ2v) is 19.8. The number of anilines is 3. The third-order valence-corrected chi connectivity index (χ3v) is 12.9. The Bertz CT molecular complexity index is 2940. The molecule has 19 heteroatoms. The average Bonchev–Trinajstić information content (AvgIpc) is 3.87. The molecule has 0 fully saturated rings. The van der Waals surface area contributed by atoms with Crippen molar-refractivity contribution < 1.29 is 47.7 Å². The van der Waals surface area contributed by atoms with Gasteiger partial charge in [-0.25, -0.2) is 0 Å². The highest BCUT2D eigenvalue weighted by Crippen LogP contribution is 2.43. The molecule has 5 aromatic carbocycles. The lowest BCUT2D eigenvalue weighted by molar-refractivity contribution is -0.128. The molecule has 376 valence electrons. The monoisotopic (exact) mass is 1010 g/mol. The van der Waals surface area contributed by atoms with Crippen LogP contribution in [0.4, 0.5) is 28.4 Å². The van der Waals surface area contributed by atoms with E-state index in [-0.39, 0.29) is 60.7 Å². The Morgan fingerprint density at radius 3 is 1.53 bits per heavy atom. The highest BCUT2D eigenvalue weighted by Gasteiger charge is 2.38. The summed E-state index contributed by atoms with van der Waals surface area (Å²) in [5.41, 5.74) is 6.93. The Labute approximate surface area is 426 Å². The molecule has 0 bridgehead atoms. The average molecular weight is 1010 g/mol. The number of ether oxygens (including phenoxy) is 4. The second kappa shape index (κ2) is 21.3. The molecule has 0 spiro atoms. The van der Waals surface area contributed by atoms with E-state index in [2.05, 4.69) is 33.9 Å². The van der Waals surface area contributed by atoms with Gasteiger partial charge >= 0.3 is 0 Å². The quantitative estimate of drug-likeness (QED) is 0.0625. The van der Waals surface area contributed by atoms with Crippen molar-refractivity contribution in [1.29, 1.82) is 0 Å². The standard InChI is InChI=1S/C54H54N8O10S/c1-54(2,73)14-13-48(63)57-26-49(64)58-27-50(65)59-28-51(66)60-35-16-31(29-71-46-22-40-38(20-44(46)69-3)52(67)61-36(24-55-40)18-33-9-5-7-11-42(33)61)15-32(17-35)30-72-47-23-41-39(21-45(47)70-4)53(68)62-37(25-56-41)19-34-10-6-8-12-43(34)62/h5-12,15-17,20-25,36-37,73H,13-14,18-19,26-30H2,1-4H3,(H,57,63)(H,58,64)(H,59,65)(H,60,66)/t36-,37?/m0/s1. The molecular weight excluding hydrogens is 953 g/mol. The first kappa shape index (κ1) is 49.8. The Morgan fingerprint density at radius 1 is 0.616 bits per heavy atom. The summed E-state index contributed by atoms with van der Waals surface area (Å²) in [5, 5.41) is 10.3. The van der Waals surface area contributed by atoms with E-state index in [4.69, 9.17) is 28.9 Å². The normalized spacial score (nSPS) is 15.8. The van der Waals surface area contributed by atoms with Crippen LogP contribution in [-0.2, 0) is 45.2 Å². The number of rotatable bonds is 18. The van der Waals surface area contributed by atoms with Crippen molar-refractivity contribution in [2.45, 2.75) is 69.6 Å². The summed E-state index contributed by atoms with van der Waals surface area (Å²) in [6.07, 6.45) is 5.55. The predicted octanol–water partition coefficient (Wildman–Crippen LogP) is 6.21. The molecule has 6 amide bonds. The molecule has 4 N–H and O–H groups in total. The minimum absolute atomic E-state index is 0.0322. The number of para-hydroxylation sites is 2. The Kier molecular flexibility index (Phi) is 14.5. The maximum absolute atomic E-state index is 14.0. The van der Waals surface area contributed by atoms with Gasteiger partial charge in [0.25, 0.3) is 11.8 Å². The molecule has 0 aromatic heterocycles. The summed E-state index contributed by atoms with van der Waals surface area (Å²) in [6.45, 7) is 2.54. The van der Waals surface area contributed by atoms with E-state index in [0.29, 0.717) is 81.6 Å². The van der Waals surface area contributed by atoms with Gasteiger partial charge in [-0.3, -0.25) is 48.6 Å². The summed E-state index contributed by atoms with van der Waals surface area (Å²) < 4.78 is 23.9. The summed E-state index contributed by atoms with van der Waals surface area (Å²) >= 11 is 4.40. The van der Waals surface area contributed by atoms with Gasteiger partial charge in [0.1, 0.15) is 13.2 Å². The number of nitrogens with zero attached hydrogens (tertiary/aromatic N) is 4. The lowest BCUT2D eigenvalue weighted by atomic mass is 10.1. The van der Waals surface area contributed by atoms with Gasteiger partial charge < -0.3 is 40.2 Å². The van der Waals surface area contributed by atoms with Crippen molar-refractivity contribution >= 4 is 88.9 Å². The summed E-state index contributed by atoms with van der Waals surface area (Å²) in [6, 6.07) is 26.9. The number of carbonyl (C=O) groups excluding carboxylic acids is 6. The molecule has 2 atom stereocenters. The second-order valence-electron chi connectivity index (χ2n) is 18.6. The van der Waals surface area contributed by atoms with Gasteiger partial charge in [-0.15, -0.1) is 0 Å². The first-order valence-corrected chi connectivity index (χ1v) is 24.2. The fourth-order valence-electron chi connectivity index (χ4n) is 9.08. The molecule has 73 heavy (non-hydrogen) atoms. The lowest BCUT2D eigenvalue weighted by Crippen LogP contribution is -2.43. The number of nitrogens with one attached hydrogen (secondary N) is 4. The molecule has 4 aliphatic heterocycles. The topological polar surface area (TPSA) is 219 Å². The summed E-state index contributed by atoms with van der Waals surface area (Å²) in [7, 11) is 2.97. The molecule has 18 nitrogen and oxygen atoms in total. The minimum Gasteiger partial charge on any atom is -0.493 e. The third-order valence-electron chi connectivity index (χ3n) is 12.7. The van der Waals surface area contributed by atoms with E-state index in [1.807, 2.05) is 68.4 Å². The number of thiol groups is 1. The number of methoxy groups -OCH3 is 2. The molecule has 4 aliphatic rings. The van der Waals surface area contributed by atoms with Crippen molar-refractivity contribution in [2.24, 2.45) is 9.98 Å². The van der Waals surface area contributed by atoms with Gasteiger partial charge in [0.2, 0.25) is 23.6 Å². The van der Waals surface area contributed by atoms with Gasteiger partial charge in [-0.2, -0.15) is 12.6 Å². The van der Waals surface area contributed by atoms with E-state index in [1.54, 1.807) is 58.6 Å². The van der Waals surface area contributed by atoms with E-state index >= 15 is 0 Å². The zero-order chi connectivity index (χ0) is 51.4. The first-order chi connectivity index (χ1) is 35.1. The lowest BCUT2D eigenvalue weighted by Gasteiger charge is -2.22. The van der Waals surface area contributed by atoms with Crippen LogP contribution in [0.3, 0.4) is 0 Å². The number of amides is 6. The first-order valence-electron chi connectivity index (χ1n) is 23.7. The maximum Gasteiger partial charge on any atom is 0.261 e. The van der Waals surface area contributed by atoms with Gasteiger partial charge in [-0.05, 0) is 71.1 Å². The molecule has 1 unspecified atom stereocenters. The fourth-order valence-corrected chi connectivity index (χ4v) is 9.19. The maximum atomic E-state index is 14.0. The number of hydrogen-bond acceptors (Lipinski definition) is 13. The molecule has 0 saturated heterocycles. The van der Waals surface area contributed by atoms with Gasteiger partial charge in [0.15, 0.2) is 23.0 Å². The van der Waals surface area contributed by atoms with Crippen LogP contribution in [0.25, 0.3) is 0 Å². The van der Waals surface area contributed by atoms with Gasteiger partial charge in [0.05, 0.1) is 68.4 Å². The number of hydrogen-bond donors (Lipinski definition) is 5. The number of carbonyl (C=O) groups is 6. The fraction of sp³-hybridized carbons (Fsp3) is 0.296. The molecule has 0 saturated carbocycles. The summed E-state index contributed by atoms with van der Waals surface area (Å²) in [5.74, 6) is -1.22. The molecule has 0 radical (unpaired) electrons. The van der Waals surface area contributed by atoms with Crippen molar-refractivity contribution in [1.82, 2.24) is 16.0 Å². The number of aliphatic imine (C=N–C) groups is 2. The van der Waals surface area contributed by atoms with Crippen LogP contribution in [0.1, 0.15) is 69.7 Å². The number of fused-ring (bicyclic) bond motifs is 8. The van der Waals surface area contributed by atoms with Crippen LogP contribution in [0.2, 0.25) is 0 Å². The number of benzene rings is 5. The van der Waals surface area contributed by atoms with Crippen molar-refractivity contribution in [3.05, 3.63) is 124 Å². The highest BCUT2D eigenvalue weighted by molar-refractivity contribution is 7.81. The van der Waals surface area contributed by atoms with Crippen molar-refractivity contribution in [2.75, 3.05) is 49.0 Å². The molecular formula is C54H54N8O10S. The van der Waals surface area contributed by atoms with Crippen LogP contribution < -0.4 is 50.0 Å². The largest absolute Gasteiger partial charge is 0.493 e. The van der Waals surface area contributed by atoms with Crippen molar-refractivity contribution in [3.8, 4) is 23.0 Å². The van der Waals surface area contributed by atoms with Crippen LogP contribution in [0, 0.1) is 0 Å². The molecule has 0 aliphatic carbocycles. The van der Waals surface area contributed by atoms with E-state index < -0.39 is 30.8 Å². The van der Waals surface area contributed by atoms with E-state index in [1.165, 1.54) is 14.2 Å². The van der Waals surface area contributed by atoms with Crippen LogP contribution in [0.15, 0.2) is 101 Å². The highest BCUT2D eigenvalue weighted by atomic mass is 32.1. The third kappa shape index (κ3) is 11.3. The SMILES string of the molecule is COc1cc2c(cc1OCc1cc(COc3cc4c(cc3OC)C(=O)N3c5ccccc5C[C@H]3C=N4)cc(NC(=O)CNC(=O)CNC(=O)CNC(=O)CCC(C)(C)S)c1)N=CC1Cc3ccccc3N1C2=O. The zero-order valence-corrected chi connectivity index (χ0v) is 41.5. The van der Waals surface area contributed by atoms with E-state index in [0.717, 1.165) is 22.5 Å². The Morgan fingerprint density at radius 2 is 1.07 bits per heavy atom. The Balaban J connectivity index is 0.905. The van der Waals surface area contributed by atoms with Crippen LogP contribution in [0.5, 0.6) is 23.0 Å². The van der Waals surface area contributed by atoms with Crippen molar-refractivity contribution in [3.63, 3.8) is 0 Å². The molecule has 5 aromatic rings. The summed E-state index contributed by atoms with van der Waals surface area (Å²) in [4.78, 5) is 91.4. The predicted molar refractivity (Wildman–Crippen MR) is 279 cm³/mol. The van der Waals surface area contributed by atoms with Crippen LogP contribution >= 0.6 is 12.6 Å².